The summed E-state index contributed by atoms with van der Waals surface area (Å²) in [5.74, 6) is -2.78. The van der Waals surface area contributed by atoms with E-state index < -0.39 is 36.0 Å². The molecule has 0 unspecified atom stereocenters. The van der Waals surface area contributed by atoms with Gasteiger partial charge < -0.3 is 9.64 Å². The van der Waals surface area contributed by atoms with Crippen molar-refractivity contribution in [3.63, 3.8) is 0 Å². The highest BCUT2D eigenvalue weighted by molar-refractivity contribution is 6.25. The lowest BCUT2D eigenvalue weighted by Gasteiger charge is -2.36. The lowest BCUT2D eigenvalue weighted by Crippen LogP contribution is -2.49. The van der Waals surface area contributed by atoms with Crippen molar-refractivity contribution in [3.8, 4) is 0 Å². The zero-order chi connectivity index (χ0) is 29.0. The Kier molecular flexibility index (Phi) is 6.27. The van der Waals surface area contributed by atoms with Crippen molar-refractivity contribution in [2.45, 2.75) is 32.0 Å². The number of benzene rings is 4. The number of hydrogen-bond donors (Lipinski definition) is 0. The molecule has 0 saturated carbocycles. The van der Waals surface area contributed by atoms with Crippen LogP contribution in [0.2, 0.25) is 0 Å². The van der Waals surface area contributed by atoms with Crippen molar-refractivity contribution in [2.75, 3.05) is 9.80 Å². The van der Waals surface area contributed by atoms with E-state index in [0.29, 0.717) is 5.69 Å². The molecule has 7 rings (SSSR count). The van der Waals surface area contributed by atoms with Crippen molar-refractivity contribution in [1.82, 2.24) is 0 Å². The van der Waals surface area contributed by atoms with Crippen LogP contribution in [0.5, 0.6) is 0 Å². The molecule has 3 heterocycles. The van der Waals surface area contributed by atoms with Gasteiger partial charge in [-0.15, -0.1) is 0 Å². The number of aryl methyl sites for hydroxylation is 2. The summed E-state index contributed by atoms with van der Waals surface area (Å²) in [5.41, 5.74) is 5.85. The molecule has 0 bridgehead atoms. The molecule has 0 spiro atoms. The van der Waals surface area contributed by atoms with Gasteiger partial charge in [-0.05, 0) is 48.2 Å². The second kappa shape index (κ2) is 10.1. The average molecular weight is 555 g/mol. The number of fused-ring (bicyclic) bond motifs is 5. The van der Waals surface area contributed by atoms with Gasteiger partial charge >= 0.3 is 5.97 Å². The molecule has 6 nitrogen and oxygen atoms in total. The van der Waals surface area contributed by atoms with Gasteiger partial charge in [-0.25, -0.2) is 9.69 Å². The van der Waals surface area contributed by atoms with E-state index in [1.165, 1.54) is 4.90 Å². The third-order valence-corrected chi connectivity index (χ3v) is 8.69. The molecule has 2 fully saturated rings. The van der Waals surface area contributed by atoms with Crippen LogP contribution >= 0.6 is 0 Å². The highest BCUT2D eigenvalue weighted by Gasteiger charge is 2.65. The van der Waals surface area contributed by atoms with E-state index in [1.807, 2.05) is 134 Å². The molecule has 42 heavy (non-hydrogen) atoms. The molecule has 4 atom stereocenters. The number of nitrogens with zero attached hydrogens (tertiary/aromatic N) is 2. The van der Waals surface area contributed by atoms with E-state index in [1.54, 1.807) is 0 Å². The zero-order valence-electron chi connectivity index (χ0n) is 23.4. The first-order valence-electron chi connectivity index (χ1n) is 14.2. The summed E-state index contributed by atoms with van der Waals surface area (Å²) >= 11 is 0. The summed E-state index contributed by atoms with van der Waals surface area (Å²) in [6.45, 7) is 3.87. The van der Waals surface area contributed by atoms with Crippen LogP contribution in [0, 0.1) is 25.7 Å². The Morgan fingerprint density at radius 3 is 2.02 bits per heavy atom. The largest absolute Gasteiger partial charge is 0.451 e. The van der Waals surface area contributed by atoms with Gasteiger partial charge in [0.05, 0.1) is 23.6 Å². The van der Waals surface area contributed by atoms with E-state index in [2.05, 4.69) is 0 Å². The zero-order valence-corrected chi connectivity index (χ0v) is 23.4. The monoisotopic (exact) mass is 554 g/mol. The highest BCUT2D eigenvalue weighted by Crippen LogP contribution is 2.50. The van der Waals surface area contributed by atoms with Gasteiger partial charge in [-0.1, -0.05) is 109 Å². The maximum absolute atomic E-state index is 14.4. The predicted octanol–water partition coefficient (Wildman–Crippen LogP) is 6.03. The first-order chi connectivity index (χ1) is 20.4. The maximum atomic E-state index is 14.4. The lowest BCUT2D eigenvalue weighted by molar-refractivity contribution is -0.151. The smallest absolute Gasteiger partial charge is 0.330 e. The van der Waals surface area contributed by atoms with E-state index >= 15 is 0 Å². The van der Waals surface area contributed by atoms with Crippen molar-refractivity contribution >= 4 is 35.2 Å². The van der Waals surface area contributed by atoms with E-state index in [9.17, 15) is 14.4 Å². The standard InChI is InChI=1S/C36H30N2O4/c1-22-17-19-27(23(2)21-22)38-34(39)30-29-20-18-24-11-9-10-16-28(24)37(29)32(31(30)35(38)40)36(41)42-33(25-12-5-3-6-13-25)26-14-7-4-8-15-26/h3-21,29-33H,1-2H3/t29-,30-,31-,32+/m0/s1. The van der Waals surface area contributed by atoms with Crippen LogP contribution in [-0.4, -0.2) is 29.9 Å². The van der Waals surface area contributed by atoms with Gasteiger partial charge in [0, 0.05) is 5.69 Å². The summed E-state index contributed by atoms with van der Waals surface area (Å²) < 4.78 is 6.36. The van der Waals surface area contributed by atoms with E-state index in [-0.39, 0.29) is 11.8 Å². The minimum absolute atomic E-state index is 0.283. The number of anilines is 2. The second-order valence-corrected chi connectivity index (χ2v) is 11.3. The molecule has 0 N–H and O–H groups in total. The van der Waals surface area contributed by atoms with Crippen molar-refractivity contribution in [2.24, 2.45) is 11.8 Å². The molecule has 0 aromatic heterocycles. The van der Waals surface area contributed by atoms with Gasteiger partial charge in [-0.2, -0.15) is 0 Å². The Morgan fingerprint density at radius 2 is 1.36 bits per heavy atom. The number of rotatable bonds is 5. The second-order valence-electron chi connectivity index (χ2n) is 11.3. The molecular weight excluding hydrogens is 524 g/mol. The SMILES string of the molecule is Cc1ccc(N2C(=O)[C@@H]3[C@H](C2=O)[C@H](C(=O)OC(c2ccccc2)c2ccccc2)N2c4ccccc4C=C[C@@H]32)c(C)c1. The maximum Gasteiger partial charge on any atom is 0.330 e. The molecule has 2 amide bonds. The fourth-order valence-corrected chi connectivity index (χ4v) is 6.85. The molecule has 0 radical (unpaired) electrons. The summed E-state index contributed by atoms with van der Waals surface area (Å²) in [6.07, 6.45) is 3.27. The number of carbonyl (C=O) groups is 3. The Labute approximate surface area is 244 Å². The molecule has 4 aromatic rings. The summed E-state index contributed by atoms with van der Waals surface area (Å²) in [4.78, 5) is 46.1. The molecule has 3 aliphatic heterocycles. The minimum atomic E-state index is -0.978. The van der Waals surface area contributed by atoms with Crippen molar-refractivity contribution in [1.29, 1.82) is 0 Å². The number of esters is 1. The Bertz CT molecular complexity index is 1690. The van der Waals surface area contributed by atoms with Gasteiger partial charge in [0.15, 0.2) is 6.10 Å². The fourth-order valence-electron chi connectivity index (χ4n) is 6.85. The van der Waals surface area contributed by atoms with E-state index in [4.69, 9.17) is 4.74 Å². The Morgan fingerprint density at radius 1 is 0.738 bits per heavy atom. The number of hydrogen-bond acceptors (Lipinski definition) is 5. The fraction of sp³-hybridized carbons (Fsp3) is 0.194. The Balaban J connectivity index is 1.32. The van der Waals surface area contributed by atoms with Crippen LogP contribution in [0.1, 0.15) is 33.9 Å². The topological polar surface area (TPSA) is 66.9 Å². The molecule has 3 aliphatic rings. The summed E-state index contributed by atoms with van der Waals surface area (Å²) in [5, 5.41) is 0. The van der Waals surface area contributed by atoms with Gasteiger partial charge in [-0.3, -0.25) is 9.59 Å². The van der Waals surface area contributed by atoms with Gasteiger partial charge in [0.1, 0.15) is 6.04 Å². The number of para-hydroxylation sites is 1. The third-order valence-electron chi connectivity index (χ3n) is 8.69. The van der Waals surface area contributed by atoms with Gasteiger partial charge in [0.25, 0.3) is 0 Å². The van der Waals surface area contributed by atoms with Crippen LogP contribution in [0.3, 0.4) is 0 Å². The number of imide groups is 1. The first-order valence-corrected chi connectivity index (χ1v) is 14.2. The van der Waals surface area contributed by atoms with Crippen molar-refractivity contribution < 1.29 is 19.1 Å². The Hall–Kier alpha value is -4.97. The highest BCUT2D eigenvalue weighted by atomic mass is 16.5. The van der Waals surface area contributed by atoms with Crippen molar-refractivity contribution in [3.05, 3.63) is 137 Å². The summed E-state index contributed by atoms with van der Waals surface area (Å²) in [7, 11) is 0. The van der Waals surface area contributed by atoms with Gasteiger partial charge in [0.2, 0.25) is 11.8 Å². The number of amides is 2. The normalized spacial score (nSPS) is 22.3. The van der Waals surface area contributed by atoms with Crippen LogP contribution in [-0.2, 0) is 19.1 Å². The quantitative estimate of drug-likeness (QED) is 0.223. The number of ether oxygens (including phenoxy) is 1. The van der Waals surface area contributed by atoms with E-state index in [0.717, 1.165) is 33.5 Å². The molecular formula is C36H30N2O4. The minimum Gasteiger partial charge on any atom is -0.451 e. The lowest BCUT2D eigenvalue weighted by atomic mass is 9.88. The molecule has 0 aliphatic carbocycles. The molecule has 4 aromatic carbocycles. The average Bonchev–Trinajstić information content (AvgIpc) is 3.49. The predicted molar refractivity (Wildman–Crippen MR) is 162 cm³/mol. The van der Waals surface area contributed by atoms with Crippen LogP contribution in [0.25, 0.3) is 6.08 Å². The van der Waals surface area contributed by atoms with Crippen LogP contribution < -0.4 is 9.80 Å². The number of carbonyl (C=O) groups excluding carboxylic acids is 3. The molecule has 6 heteroatoms. The van der Waals surface area contributed by atoms with Crippen LogP contribution in [0.15, 0.2) is 109 Å². The first kappa shape index (κ1) is 26.0. The molecule has 2 saturated heterocycles. The third kappa shape index (κ3) is 4.05. The van der Waals surface area contributed by atoms with Crippen LogP contribution in [0.4, 0.5) is 11.4 Å². The summed E-state index contributed by atoms with van der Waals surface area (Å²) in [6, 6.07) is 31.2. The molecule has 208 valence electrons.